The maximum absolute atomic E-state index is 12.1. The Morgan fingerprint density at radius 2 is 2.00 bits per heavy atom. The molecule has 0 aliphatic heterocycles. The van der Waals surface area contributed by atoms with Crippen LogP contribution in [0.25, 0.3) is 16.9 Å². The van der Waals surface area contributed by atoms with E-state index in [0.717, 1.165) is 22.6 Å². The molecule has 0 bridgehead atoms. The van der Waals surface area contributed by atoms with Crippen LogP contribution in [0.1, 0.15) is 5.56 Å². The Balaban J connectivity index is 1.47. The molecule has 0 aliphatic carbocycles. The van der Waals surface area contributed by atoms with Gasteiger partial charge in [-0.05, 0) is 42.0 Å². The van der Waals surface area contributed by atoms with Crippen molar-refractivity contribution in [1.82, 2.24) is 24.9 Å². The fourth-order valence-electron chi connectivity index (χ4n) is 2.72. The Hall–Kier alpha value is -3.94. The van der Waals surface area contributed by atoms with Gasteiger partial charge < -0.3 is 10.1 Å². The molecule has 0 aliphatic rings. The number of fused-ring (bicyclic) bond motifs is 1. The molecule has 140 valence electrons. The molecule has 4 rings (SSSR count). The molecule has 2 amide bonds. The van der Waals surface area contributed by atoms with E-state index in [-0.39, 0.29) is 6.03 Å². The third-order valence-electron chi connectivity index (χ3n) is 4.13. The molecule has 0 fully saturated rings. The molecule has 3 heterocycles. The Morgan fingerprint density at radius 1 is 1.14 bits per heavy atom. The summed E-state index contributed by atoms with van der Waals surface area (Å²) in [4.78, 5) is 20.4. The molecule has 0 saturated heterocycles. The van der Waals surface area contributed by atoms with Crippen LogP contribution in [0, 0.1) is 0 Å². The van der Waals surface area contributed by atoms with Gasteiger partial charge in [0.1, 0.15) is 5.75 Å². The van der Waals surface area contributed by atoms with Crippen molar-refractivity contribution in [2.45, 2.75) is 6.54 Å². The fraction of sp³-hybridized carbons (Fsp3) is 0.100. The van der Waals surface area contributed by atoms with Gasteiger partial charge in [-0.2, -0.15) is 5.10 Å². The molecule has 0 atom stereocenters. The number of pyridine rings is 1. The van der Waals surface area contributed by atoms with Crippen molar-refractivity contribution in [1.29, 1.82) is 0 Å². The van der Waals surface area contributed by atoms with Crippen LogP contribution in [-0.4, -0.2) is 32.7 Å². The highest BCUT2D eigenvalue weighted by Gasteiger charge is 2.09. The topological polar surface area (TPSA) is 93.4 Å². The lowest BCUT2D eigenvalue weighted by atomic mass is 10.1. The molecular weight excluding hydrogens is 356 g/mol. The van der Waals surface area contributed by atoms with Crippen molar-refractivity contribution < 1.29 is 9.53 Å². The van der Waals surface area contributed by atoms with Gasteiger partial charge >= 0.3 is 6.03 Å². The number of aromatic nitrogens is 4. The predicted octanol–water partition coefficient (Wildman–Crippen LogP) is 3.12. The Kier molecular flexibility index (Phi) is 4.83. The number of nitrogens with one attached hydrogen (secondary N) is 2. The zero-order chi connectivity index (χ0) is 19.3. The molecule has 4 aromatic rings. The van der Waals surface area contributed by atoms with Gasteiger partial charge in [0, 0.05) is 24.5 Å². The van der Waals surface area contributed by atoms with Gasteiger partial charge in [-0.15, -0.1) is 0 Å². The average molecular weight is 374 g/mol. The highest BCUT2D eigenvalue weighted by molar-refractivity contribution is 5.88. The third-order valence-corrected chi connectivity index (χ3v) is 4.13. The SMILES string of the molecule is COc1cccc(-c2ccc3nc(NC(=O)NCc4ccncc4)cn3n2)c1. The summed E-state index contributed by atoms with van der Waals surface area (Å²) in [5.74, 6) is 1.18. The molecule has 1 aromatic carbocycles. The first kappa shape index (κ1) is 17.5. The van der Waals surface area contributed by atoms with Crippen LogP contribution in [-0.2, 0) is 6.54 Å². The minimum absolute atomic E-state index is 0.340. The maximum atomic E-state index is 12.1. The summed E-state index contributed by atoms with van der Waals surface area (Å²) in [6.45, 7) is 0.403. The van der Waals surface area contributed by atoms with E-state index < -0.39 is 0 Å². The standard InChI is InChI=1S/C20H18N6O2/c1-28-16-4-2-3-15(11-16)17-5-6-19-23-18(13-26(19)25-17)24-20(27)22-12-14-7-9-21-10-8-14/h2-11,13H,12H2,1H3,(H2,22,24,27). The molecule has 0 saturated carbocycles. The Labute approximate surface area is 161 Å². The van der Waals surface area contributed by atoms with Crippen molar-refractivity contribution in [2.75, 3.05) is 12.4 Å². The second kappa shape index (κ2) is 7.75. The first-order valence-electron chi connectivity index (χ1n) is 8.66. The van der Waals surface area contributed by atoms with E-state index in [4.69, 9.17) is 4.74 Å². The van der Waals surface area contributed by atoms with E-state index in [9.17, 15) is 4.79 Å². The summed E-state index contributed by atoms with van der Waals surface area (Å²) in [6.07, 6.45) is 5.04. The lowest BCUT2D eigenvalue weighted by Gasteiger charge is -2.05. The molecule has 3 aromatic heterocycles. The summed E-state index contributed by atoms with van der Waals surface area (Å²) in [6, 6.07) is 14.7. The quantitative estimate of drug-likeness (QED) is 0.560. The van der Waals surface area contributed by atoms with Gasteiger partial charge in [0.05, 0.1) is 19.0 Å². The number of methoxy groups -OCH3 is 1. The number of carbonyl (C=O) groups is 1. The van der Waals surface area contributed by atoms with E-state index in [1.807, 2.05) is 48.5 Å². The van der Waals surface area contributed by atoms with Crippen LogP contribution < -0.4 is 15.4 Å². The largest absolute Gasteiger partial charge is 0.497 e. The zero-order valence-corrected chi connectivity index (χ0v) is 15.2. The van der Waals surface area contributed by atoms with Crippen LogP contribution in [0.15, 0.2) is 67.1 Å². The average Bonchev–Trinajstić information content (AvgIpc) is 3.14. The summed E-state index contributed by atoms with van der Waals surface area (Å²) in [5.41, 5.74) is 3.30. The van der Waals surface area contributed by atoms with Crippen molar-refractivity contribution in [3.63, 3.8) is 0 Å². The van der Waals surface area contributed by atoms with Crippen molar-refractivity contribution >= 4 is 17.5 Å². The summed E-state index contributed by atoms with van der Waals surface area (Å²) < 4.78 is 6.89. The van der Waals surface area contributed by atoms with E-state index in [1.165, 1.54) is 0 Å². The number of carbonyl (C=O) groups excluding carboxylic acids is 1. The van der Waals surface area contributed by atoms with Crippen LogP contribution in [0.2, 0.25) is 0 Å². The number of nitrogens with zero attached hydrogens (tertiary/aromatic N) is 4. The first-order valence-corrected chi connectivity index (χ1v) is 8.66. The van der Waals surface area contributed by atoms with Crippen LogP contribution in [0.3, 0.4) is 0 Å². The van der Waals surface area contributed by atoms with Crippen molar-refractivity contribution in [2.24, 2.45) is 0 Å². The minimum Gasteiger partial charge on any atom is -0.497 e. The van der Waals surface area contributed by atoms with Gasteiger partial charge in [0.25, 0.3) is 0 Å². The molecule has 0 unspecified atom stereocenters. The van der Waals surface area contributed by atoms with E-state index in [0.29, 0.717) is 18.0 Å². The molecule has 0 spiro atoms. The van der Waals surface area contributed by atoms with E-state index >= 15 is 0 Å². The second-order valence-corrected chi connectivity index (χ2v) is 6.04. The number of urea groups is 1. The molecule has 28 heavy (non-hydrogen) atoms. The molecular formula is C20H18N6O2. The summed E-state index contributed by atoms with van der Waals surface area (Å²) in [7, 11) is 1.63. The highest BCUT2D eigenvalue weighted by Crippen LogP contribution is 2.22. The zero-order valence-electron chi connectivity index (χ0n) is 15.2. The molecule has 0 radical (unpaired) electrons. The maximum Gasteiger partial charge on any atom is 0.320 e. The molecule has 2 N–H and O–H groups in total. The van der Waals surface area contributed by atoms with Gasteiger partial charge in [-0.25, -0.2) is 14.3 Å². The van der Waals surface area contributed by atoms with Crippen LogP contribution >= 0.6 is 0 Å². The molecule has 8 heteroatoms. The minimum atomic E-state index is -0.340. The number of hydrogen-bond donors (Lipinski definition) is 2. The number of anilines is 1. The summed E-state index contributed by atoms with van der Waals surface area (Å²) in [5, 5.41) is 10.1. The van der Waals surface area contributed by atoms with E-state index in [2.05, 4.69) is 25.7 Å². The number of hydrogen-bond acceptors (Lipinski definition) is 5. The second-order valence-electron chi connectivity index (χ2n) is 6.04. The predicted molar refractivity (Wildman–Crippen MR) is 105 cm³/mol. The first-order chi connectivity index (χ1) is 13.7. The number of benzene rings is 1. The Morgan fingerprint density at radius 3 is 2.82 bits per heavy atom. The van der Waals surface area contributed by atoms with Crippen LogP contribution in [0.5, 0.6) is 5.75 Å². The number of imidazole rings is 1. The van der Waals surface area contributed by atoms with Gasteiger partial charge in [0.2, 0.25) is 0 Å². The lowest BCUT2D eigenvalue weighted by molar-refractivity contribution is 0.251. The summed E-state index contributed by atoms with van der Waals surface area (Å²) >= 11 is 0. The highest BCUT2D eigenvalue weighted by atomic mass is 16.5. The normalized spacial score (nSPS) is 10.6. The van der Waals surface area contributed by atoms with Gasteiger partial charge in [-0.3, -0.25) is 10.3 Å². The van der Waals surface area contributed by atoms with Crippen LogP contribution in [0.4, 0.5) is 10.6 Å². The smallest absolute Gasteiger partial charge is 0.320 e. The lowest BCUT2D eigenvalue weighted by Crippen LogP contribution is -2.28. The fourth-order valence-corrected chi connectivity index (χ4v) is 2.72. The van der Waals surface area contributed by atoms with Crippen molar-refractivity contribution in [3.05, 3.63) is 72.7 Å². The number of ether oxygens (including phenoxy) is 1. The van der Waals surface area contributed by atoms with E-state index in [1.54, 1.807) is 30.2 Å². The van der Waals surface area contributed by atoms with Crippen molar-refractivity contribution in [3.8, 4) is 17.0 Å². The van der Waals surface area contributed by atoms with Gasteiger partial charge in [-0.1, -0.05) is 12.1 Å². The van der Waals surface area contributed by atoms with Gasteiger partial charge in [0.15, 0.2) is 11.5 Å². The molecule has 8 nitrogen and oxygen atoms in total. The number of amides is 2. The number of rotatable bonds is 5. The Bertz CT molecular complexity index is 1110. The third kappa shape index (κ3) is 3.90. The monoisotopic (exact) mass is 374 g/mol.